The van der Waals surface area contributed by atoms with Crippen LogP contribution in [0.15, 0.2) is 22.8 Å². The van der Waals surface area contributed by atoms with Gasteiger partial charge in [0.1, 0.15) is 5.76 Å². The predicted molar refractivity (Wildman–Crippen MR) is 80.5 cm³/mol. The Bertz CT molecular complexity index is 452. The van der Waals surface area contributed by atoms with Gasteiger partial charge in [0.25, 0.3) is 0 Å². The van der Waals surface area contributed by atoms with Crippen LogP contribution in [0.1, 0.15) is 25.0 Å². The van der Waals surface area contributed by atoms with E-state index in [9.17, 15) is 4.79 Å². The Kier molecular flexibility index (Phi) is 4.60. The van der Waals surface area contributed by atoms with Crippen LogP contribution in [0.5, 0.6) is 0 Å². The zero-order valence-electron chi connectivity index (χ0n) is 12.5. The minimum Gasteiger partial charge on any atom is -0.468 e. The monoisotopic (exact) mass is 291 g/mol. The minimum atomic E-state index is 0.173. The molecule has 0 aromatic carbocycles. The van der Waals surface area contributed by atoms with Crippen LogP contribution in [-0.2, 0) is 11.3 Å². The molecule has 5 heteroatoms. The fourth-order valence-corrected chi connectivity index (χ4v) is 3.63. The summed E-state index contributed by atoms with van der Waals surface area (Å²) in [5.74, 6) is 1.90. The number of piperazine rings is 1. The lowest BCUT2D eigenvalue weighted by Gasteiger charge is -2.36. The highest BCUT2D eigenvalue weighted by molar-refractivity contribution is 5.79. The van der Waals surface area contributed by atoms with Crippen molar-refractivity contribution in [3.63, 3.8) is 0 Å². The molecular formula is C16H25N3O2. The highest BCUT2D eigenvalue weighted by atomic mass is 16.3. The van der Waals surface area contributed by atoms with Crippen molar-refractivity contribution in [3.05, 3.63) is 24.2 Å². The highest BCUT2D eigenvalue weighted by Gasteiger charge is 2.35. The van der Waals surface area contributed by atoms with Gasteiger partial charge in [0.2, 0.25) is 5.91 Å². The van der Waals surface area contributed by atoms with Gasteiger partial charge in [-0.3, -0.25) is 9.69 Å². The number of carbonyl (C=O) groups excluding carboxylic acids is 1. The van der Waals surface area contributed by atoms with Gasteiger partial charge in [-0.2, -0.15) is 0 Å². The predicted octanol–water partition coefficient (Wildman–Crippen LogP) is 1.30. The van der Waals surface area contributed by atoms with E-state index >= 15 is 0 Å². The third-order valence-corrected chi connectivity index (χ3v) is 4.92. The highest BCUT2D eigenvalue weighted by Crippen LogP contribution is 2.32. The molecule has 2 N–H and O–H groups in total. The Morgan fingerprint density at radius 3 is 2.76 bits per heavy atom. The standard InChI is InChI=1S/C16H25N3O2/c17-11-13-3-1-5-15(13)16(20)19-8-6-18(7-9-19)12-14-4-2-10-21-14/h2,4,10,13,15H,1,3,5-9,11-12,17H2. The van der Waals surface area contributed by atoms with Crippen LogP contribution in [0.4, 0.5) is 0 Å². The number of hydrogen-bond donors (Lipinski definition) is 1. The Labute approximate surface area is 126 Å². The van der Waals surface area contributed by atoms with Crippen molar-refractivity contribution in [1.82, 2.24) is 9.80 Å². The van der Waals surface area contributed by atoms with Crippen LogP contribution >= 0.6 is 0 Å². The third-order valence-electron chi connectivity index (χ3n) is 4.92. The van der Waals surface area contributed by atoms with E-state index in [1.165, 1.54) is 0 Å². The summed E-state index contributed by atoms with van der Waals surface area (Å²) in [6.45, 7) is 4.98. The SMILES string of the molecule is NCC1CCCC1C(=O)N1CCN(Cc2ccco2)CC1. The molecule has 5 nitrogen and oxygen atoms in total. The molecule has 1 amide bonds. The van der Waals surface area contributed by atoms with Gasteiger partial charge in [-0.15, -0.1) is 0 Å². The van der Waals surface area contributed by atoms with Gasteiger partial charge < -0.3 is 15.1 Å². The molecule has 2 fully saturated rings. The Hall–Kier alpha value is -1.33. The molecule has 2 unspecified atom stereocenters. The van der Waals surface area contributed by atoms with Crippen molar-refractivity contribution >= 4 is 5.91 Å². The van der Waals surface area contributed by atoms with Crippen LogP contribution in [-0.4, -0.2) is 48.4 Å². The summed E-state index contributed by atoms with van der Waals surface area (Å²) in [7, 11) is 0. The van der Waals surface area contributed by atoms with Gasteiger partial charge in [-0.25, -0.2) is 0 Å². The molecule has 2 aliphatic rings. The zero-order chi connectivity index (χ0) is 14.7. The molecule has 0 spiro atoms. The Morgan fingerprint density at radius 2 is 2.10 bits per heavy atom. The first-order chi connectivity index (χ1) is 10.3. The van der Waals surface area contributed by atoms with E-state index in [4.69, 9.17) is 10.2 Å². The van der Waals surface area contributed by atoms with Gasteiger partial charge in [-0.05, 0) is 37.4 Å². The maximum absolute atomic E-state index is 12.6. The van der Waals surface area contributed by atoms with Gasteiger partial charge in [0.15, 0.2) is 0 Å². The lowest BCUT2D eigenvalue weighted by Crippen LogP contribution is -2.50. The van der Waals surface area contributed by atoms with E-state index in [1.54, 1.807) is 6.26 Å². The van der Waals surface area contributed by atoms with E-state index in [-0.39, 0.29) is 5.92 Å². The van der Waals surface area contributed by atoms with E-state index in [0.29, 0.717) is 18.4 Å². The molecule has 0 bridgehead atoms. The van der Waals surface area contributed by atoms with Crippen LogP contribution in [0.2, 0.25) is 0 Å². The average molecular weight is 291 g/mol. The van der Waals surface area contributed by atoms with Crippen LogP contribution < -0.4 is 5.73 Å². The quantitative estimate of drug-likeness (QED) is 0.908. The molecule has 1 aromatic rings. The van der Waals surface area contributed by atoms with Crippen molar-refractivity contribution < 1.29 is 9.21 Å². The molecule has 3 rings (SSSR count). The smallest absolute Gasteiger partial charge is 0.226 e. The number of furan rings is 1. The number of hydrogen-bond acceptors (Lipinski definition) is 4. The second kappa shape index (κ2) is 6.62. The summed E-state index contributed by atoms with van der Waals surface area (Å²) in [5.41, 5.74) is 5.80. The van der Waals surface area contributed by atoms with Crippen molar-refractivity contribution in [1.29, 1.82) is 0 Å². The number of carbonyl (C=O) groups is 1. The van der Waals surface area contributed by atoms with Crippen LogP contribution in [0.3, 0.4) is 0 Å². The van der Waals surface area contributed by atoms with Crippen LogP contribution in [0, 0.1) is 11.8 Å². The largest absolute Gasteiger partial charge is 0.468 e. The lowest BCUT2D eigenvalue weighted by molar-refractivity contribution is -0.138. The maximum Gasteiger partial charge on any atom is 0.226 e. The Balaban J connectivity index is 1.50. The van der Waals surface area contributed by atoms with E-state index in [2.05, 4.69) is 4.90 Å². The topological polar surface area (TPSA) is 62.7 Å². The van der Waals surface area contributed by atoms with Crippen molar-refractivity contribution in [2.24, 2.45) is 17.6 Å². The van der Waals surface area contributed by atoms with Gasteiger partial charge in [0, 0.05) is 32.1 Å². The second-order valence-corrected chi connectivity index (χ2v) is 6.21. The van der Waals surface area contributed by atoms with E-state index < -0.39 is 0 Å². The normalized spacial score (nSPS) is 27.2. The molecule has 1 aliphatic heterocycles. The summed E-state index contributed by atoms with van der Waals surface area (Å²) in [6.07, 6.45) is 5.00. The summed E-state index contributed by atoms with van der Waals surface area (Å²) in [4.78, 5) is 17.0. The number of amides is 1. The summed E-state index contributed by atoms with van der Waals surface area (Å²) >= 11 is 0. The second-order valence-electron chi connectivity index (χ2n) is 6.21. The molecule has 1 aromatic heterocycles. The molecule has 21 heavy (non-hydrogen) atoms. The molecule has 2 atom stereocenters. The molecular weight excluding hydrogens is 266 g/mol. The van der Waals surface area contributed by atoms with Crippen molar-refractivity contribution in [2.45, 2.75) is 25.8 Å². The molecule has 116 valence electrons. The van der Waals surface area contributed by atoms with E-state index in [0.717, 1.165) is 57.7 Å². The fraction of sp³-hybridized carbons (Fsp3) is 0.688. The first-order valence-corrected chi connectivity index (χ1v) is 8.01. The summed E-state index contributed by atoms with van der Waals surface area (Å²) in [6, 6.07) is 3.92. The minimum absolute atomic E-state index is 0.173. The molecule has 2 heterocycles. The lowest BCUT2D eigenvalue weighted by atomic mass is 9.94. The van der Waals surface area contributed by atoms with Crippen molar-refractivity contribution in [3.8, 4) is 0 Å². The molecule has 1 saturated heterocycles. The summed E-state index contributed by atoms with van der Waals surface area (Å²) < 4.78 is 5.38. The first kappa shape index (κ1) is 14.6. The van der Waals surface area contributed by atoms with Gasteiger partial charge in [-0.1, -0.05) is 6.42 Å². The number of nitrogens with zero attached hydrogens (tertiary/aromatic N) is 2. The number of nitrogens with two attached hydrogens (primary N) is 1. The Morgan fingerprint density at radius 1 is 1.29 bits per heavy atom. The van der Waals surface area contributed by atoms with Gasteiger partial charge in [0.05, 0.1) is 12.8 Å². The first-order valence-electron chi connectivity index (χ1n) is 8.01. The number of rotatable bonds is 4. The molecule has 0 radical (unpaired) electrons. The maximum atomic E-state index is 12.6. The summed E-state index contributed by atoms with van der Waals surface area (Å²) in [5, 5.41) is 0. The van der Waals surface area contributed by atoms with Crippen LogP contribution in [0.25, 0.3) is 0 Å². The van der Waals surface area contributed by atoms with Crippen molar-refractivity contribution in [2.75, 3.05) is 32.7 Å². The average Bonchev–Trinajstić information content (AvgIpc) is 3.18. The third kappa shape index (κ3) is 3.30. The zero-order valence-corrected chi connectivity index (χ0v) is 12.5. The fourth-order valence-electron chi connectivity index (χ4n) is 3.63. The van der Waals surface area contributed by atoms with E-state index in [1.807, 2.05) is 17.0 Å². The van der Waals surface area contributed by atoms with Gasteiger partial charge >= 0.3 is 0 Å². The molecule has 1 aliphatic carbocycles. The molecule has 1 saturated carbocycles.